The lowest BCUT2D eigenvalue weighted by Crippen LogP contribution is -2.24. The number of halogens is 3. The minimum Gasteiger partial charge on any atom is -0.346 e. The maximum absolute atomic E-state index is 12.1. The lowest BCUT2D eigenvalue weighted by atomic mass is 10.4. The van der Waals surface area contributed by atoms with Crippen molar-refractivity contribution in [3.05, 3.63) is 16.0 Å². The van der Waals surface area contributed by atoms with Crippen LogP contribution in [-0.4, -0.2) is 22.4 Å². The van der Waals surface area contributed by atoms with Gasteiger partial charge in [-0.15, -0.1) is 0 Å². The second kappa shape index (κ2) is 4.64. The van der Waals surface area contributed by atoms with Gasteiger partial charge >= 0.3 is 0 Å². The molecule has 0 spiro atoms. The summed E-state index contributed by atoms with van der Waals surface area (Å²) in [7, 11) is 0. The summed E-state index contributed by atoms with van der Waals surface area (Å²) in [6, 6.07) is -0.930. The van der Waals surface area contributed by atoms with Gasteiger partial charge in [-0.2, -0.15) is 0 Å². The maximum Gasteiger partial charge on any atom is 0.258 e. The first-order valence-corrected chi connectivity index (χ1v) is 4.69. The molecule has 0 saturated heterocycles. The molecule has 0 aliphatic carbocycles. The monoisotopic (exact) mass is 299 g/mol. The molecule has 6 heteroatoms. The van der Waals surface area contributed by atoms with E-state index in [2.05, 4.69) is 15.3 Å². The Morgan fingerprint density at radius 2 is 1.92 bits per heavy atom. The second-order valence-corrected chi connectivity index (χ2v) is 3.74. The molecule has 0 aliphatic heterocycles. The Morgan fingerprint density at radius 3 is 2.38 bits per heavy atom. The van der Waals surface area contributed by atoms with Crippen LogP contribution in [0.5, 0.6) is 0 Å². The number of hydrogen-bond acceptors (Lipinski definition) is 3. The average Bonchev–Trinajstić information content (AvgIpc) is 2.08. The van der Waals surface area contributed by atoms with Crippen molar-refractivity contribution in [1.82, 2.24) is 9.97 Å². The predicted octanol–water partition coefficient (Wildman–Crippen LogP) is 2.15. The minimum atomic E-state index is -2.41. The molecule has 1 aromatic heterocycles. The summed E-state index contributed by atoms with van der Waals surface area (Å²) < 4.78 is 25.0. The molecule has 1 unspecified atom stereocenters. The van der Waals surface area contributed by atoms with Crippen LogP contribution in [0, 0.1) is 3.57 Å². The molecule has 0 bridgehead atoms. The van der Waals surface area contributed by atoms with Crippen LogP contribution in [0.4, 0.5) is 14.7 Å². The predicted molar refractivity (Wildman–Crippen MR) is 53.8 cm³/mol. The fraction of sp³-hybridized carbons (Fsp3) is 0.429. The highest BCUT2D eigenvalue weighted by Gasteiger charge is 2.14. The molecule has 13 heavy (non-hydrogen) atoms. The molecule has 0 radical (unpaired) electrons. The zero-order valence-corrected chi connectivity index (χ0v) is 9.00. The molecule has 1 aromatic rings. The van der Waals surface area contributed by atoms with Gasteiger partial charge in [0, 0.05) is 16.0 Å². The minimum absolute atomic E-state index is 0.230. The number of hydrogen-bond donors (Lipinski definition) is 1. The van der Waals surface area contributed by atoms with Crippen molar-refractivity contribution in [3.8, 4) is 0 Å². The molecule has 0 aromatic carbocycles. The van der Waals surface area contributed by atoms with Gasteiger partial charge in [0.05, 0.1) is 6.04 Å². The first kappa shape index (κ1) is 10.6. The van der Waals surface area contributed by atoms with E-state index in [1.54, 1.807) is 12.4 Å². The number of rotatable bonds is 3. The fourth-order valence-electron chi connectivity index (χ4n) is 0.653. The molecule has 3 nitrogen and oxygen atoms in total. The van der Waals surface area contributed by atoms with Gasteiger partial charge in [0.15, 0.2) is 0 Å². The maximum atomic E-state index is 12.1. The smallest absolute Gasteiger partial charge is 0.258 e. The molecular formula is C7H8F2IN3. The highest BCUT2D eigenvalue weighted by Crippen LogP contribution is 2.07. The largest absolute Gasteiger partial charge is 0.346 e. The summed E-state index contributed by atoms with van der Waals surface area (Å²) in [5.74, 6) is 0.230. The normalized spacial score (nSPS) is 13.0. The number of nitrogens with zero attached hydrogens (tertiary/aromatic N) is 2. The van der Waals surface area contributed by atoms with E-state index in [-0.39, 0.29) is 5.95 Å². The fourth-order valence-corrected chi connectivity index (χ4v) is 0.932. The molecule has 1 N–H and O–H groups in total. The van der Waals surface area contributed by atoms with Crippen LogP contribution in [0.3, 0.4) is 0 Å². The van der Waals surface area contributed by atoms with Crippen LogP contribution in [0.1, 0.15) is 6.92 Å². The van der Waals surface area contributed by atoms with Gasteiger partial charge in [0.1, 0.15) is 0 Å². The Balaban J connectivity index is 2.59. The van der Waals surface area contributed by atoms with Crippen molar-refractivity contribution in [3.63, 3.8) is 0 Å². The molecule has 0 aliphatic rings. The third kappa shape index (κ3) is 3.37. The molecule has 0 saturated carbocycles. The standard InChI is InChI=1S/C7H8F2IN3/c1-4(6(8)9)13-7-11-2-5(10)3-12-7/h2-4,6H,1H3,(H,11,12,13). The Hall–Kier alpha value is -0.530. The topological polar surface area (TPSA) is 37.8 Å². The highest BCUT2D eigenvalue weighted by molar-refractivity contribution is 14.1. The van der Waals surface area contributed by atoms with Gasteiger partial charge in [-0.25, -0.2) is 18.7 Å². The van der Waals surface area contributed by atoms with Crippen LogP contribution in [-0.2, 0) is 0 Å². The van der Waals surface area contributed by atoms with E-state index in [9.17, 15) is 8.78 Å². The molecule has 72 valence electrons. The molecular weight excluding hydrogens is 291 g/mol. The van der Waals surface area contributed by atoms with E-state index in [1.807, 2.05) is 22.6 Å². The highest BCUT2D eigenvalue weighted by atomic mass is 127. The molecule has 1 atom stereocenters. The Kier molecular flexibility index (Phi) is 3.76. The van der Waals surface area contributed by atoms with Gasteiger partial charge in [0.2, 0.25) is 5.95 Å². The van der Waals surface area contributed by atoms with Crippen molar-refractivity contribution in [1.29, 1.82) is 0 Å². The number of alkyl halides is 2. The van der Waals surface area contributed by atoms with Gasteiger partial charge in [-0.05, 0) is 29.5 Å². The van der Waals surface area contributed by atoms with E-state index < -0.39 is 12.5 Å². The third-order valence-corrected chi connectivity index (χ3v) is 1.91. The summed E-state index contributed by atoms with van der Waals surface area (Å²) in [4.78, 5) is 7.68. The van der Waals surface area contributed by atoms with Crippen LogP contribution >= 0.6 is 22.6 Å². The Bertz CT molecular complexity index is 265. The molecule has 0 amide bonds. The van der Waals surface area contributed by atoms with E-state index in [1.165, 1.54) is 6.92 Å². The SMILES string of the molecule is CC(Nc1ncc(I)cn1)C(F)F. The second-order valence-electron chi connectivity index (χ2n) is 2.49. The van der Waals surface area contributed by atoms with Gasteiger partial charge < -0.3 is 5.32 Å². The number of nitrogens with one attached hydrogen (secondary N) is 1. The van der Waals surface area contributed by atoms with E-state index in [4.69, 9.17) is 0 Å². The van der Waals surface area contributed by atoms with E-state index in [0.29, 0.717) is 0 Å². The third-order valence-electron chi connectivity index (χ3n) is 1.36. The van der Waals surface area contributed by atoms with Crippen molar-refractivity contribution >= 4 is 28.5 Å². The molecule has 0 fully saturated rings. The van der Waals surface area contributed by atoms with Crippen molar-refractivity contribution < 1.29 is 8.78 Å². The summed E-state index contributed by atoms with van der Waals surface area (Å²) in [6.07, 6.45) is 0.713. The zero-order valence-electron chi connectivity index (χ0n) is 6.84. The lowest BCUT2D eigenvalue weighted by molar-refractivity contribution is 0.130. The van der Waals surface area contributed by atoms with Gasteiger partial charge in [-0.1, -0.05) is 0 Å². The summed E-state index contributed by atoms with van der Waals surface area (Å²) >= 11 is 2.04. The quantitative estimate of drug-likeness (QED) is 0.869. The zero-order chi connectivity index (χ0) is 9.84. The summed E-state index contributed by atoms with van der Waals surface area (Å²) in [6.45, 7) is 1.38. The van der Waals surface area contributed by atoms with Crippen LogP contribution < -0.4 is 5.32 Å². The van der Waals surface area contributed by atoms with E-state index in [0.717, 1.165) is 3.57 Å². The van der Waals surface area contributed by atoms with Gasteiger partial charge in [-0.3, -0.25) is 0 Å². The Morgan fingerprint density at radius 1 is 1.38 bits per heavy atom. The lowest BCUT2D eigenvalue weighted by Gasteiger charge is -2.11. The first-order chi connectivity index (χ1) is 6.09. The summed E-state index contributed by atoms with van der Waals surface area (Å²) in [5, 5.41) is 2.49. The average molecular weight is 299 g/mol. The first-order valence-electron chi connectivity index (χ1n) is 3.62. The van der Waals surface area contributed by atoms with Crippen LogP contribution in [0.2, 0.25) is 0 Å². The van der Waals surface area contributed by atoms with Crippen molar-refractivity contribution in [2.75, 3.05) is 5.32 Å². The van der Waals surface area contributed by atoms with Gasteiger partial charge in [0.25, 0.3) is 6.43 Å². The number of anilines is 1. The van der Waals surface area contributed by atoms with Crippen LogP contribution in [0.15, 0.2) is 12.4 Å². The van der Waals surface area contributed by atoms with Crippen molar-refractivity contribution in [2.24, 2.45) is 0 Å². The summed E-state index contributed by atoms with van der Waals surface area (Å²) in [5.41, 5.74) is 0. The van der Waals surface area contributed by atoms with Crippen LogP contribution in [0.25, 0.3) is 0 Å². The van der Waals surface area contributed by atoms with Crippen molar-refractivity contribution in [2.45, 2.75) is 19.4 Å². The molecule has 1 heterocycles. The van der Waals surface area contributed by atoms with E-state index >= 15 is 0 Å². The Labute approximate surface area is 88.1 Å². The number of aromatic nitrogens is 2. The molecule has 1 rings (SSSR count).